The highest BCUT2D eigenvalue weighted by Crippen LogP contribution is 2.36. The van der Waals surface area contributed by atoms with Crippen molar-refractivity contribution in [3.05, 3.63) is 63.5 Å². The number of anilines is 1. The van der Waals surface area contributed by atoms with E-state index in [0.717, 1.165) is 17.4 Å². The van der Waals surface area contributed by atoms with Crippen molar-refractivity contribution in [3.8, 4) is 0 Å². The molecule has 0 aliphatic rings. The summed E-state index contributed by atoms with van der Waals surface area (Å²) >= 11 is 6.97. The number of thiophene rings is 1. The number of carbonyl (C=O) groups excluding carboxylic acids is 3. The van der Waals surface area contributed by atoms with Crippen LogP contribution in [0.4, 0.5) is 23.2 Å². The van der Waals surface area contributed by atoms with Gasteiger partial charge in [-0.25, -0.2) is 22.4 Å². The van der Waals surface area contributed by atoms with Crippen LogP contribution in [-0.2, 0) is 14.3 Å². The molecule has 0 saturated heterocycles. The van der Waals surface area contributed by atoms with Crippen LogP contribution in [0.1, 0.15) is 9.67 Å². The first kappa shape index (κ1) is 22.5. The quantitative estimate of drug-likeness (QED) is 0.321. The number of ether oxygens (including phenoxy) is 1. The summed E-state index contributed by atoms with van der Waals surface area (Å²) in [4.78, 5) is 35.6. The molecule has 1 aromatic heterocycles. The van der Waals surface area contributed by atoms with Crippen molar-refractivity contribution in [3.63, 3.8) is 0 Å². The number of rotatable bonds is 6. The number of amides is 2. The Morgan fingerprint density at radius 1 is 1.00 bits per heavy atom. The number of esters is 1. The molecular weight excluding hydrogens is 464 g/mol. The standard InChI is InChI=1S/C19H11ClF4N2O4S/c20-15-9-2-1-8(21)5-12(9)31-18(15)19(29)30-7-14(28)25-6-13(27)26-11-4-3-10(22)16(23)17(11)24/h1-5H,6-7H2,(H,25,28)(H,26,27). The van der Waals surface area contributed by atoms with E-state index in [1.54, 1.807) is 0 Å². The van der Waals surface area contributed by atoms with Gasteiger partial charge in [-0.3, -0.25) is 9.59 Å². The van der Waals surface area contributed by atoms with Crippen LogP contribution < -0.4 is 10.6 Å². The molecule has 0 unspecified atom stereocenters. The average molecular weight is 475 g/mol. The van der Waals surface area contributed by atoms with Gasteiger partial charge in [-0.2, -0.15) is 0 Å². The van der Waals surface area contributed by atoms with E-state index in [1.165, 1.54) is 18.2 Å². The summed E-state index contributed by atoms with van der Waals surface area (Å²) in [5, 5.41) is 4.57. The summed E-state index contributed by atoms with van der Waals surface area (Å²) in [6, 6.07) is 5.22. The first-order valence-corrected chi connectivity index (χ1v) is 9.61. The smallest absolute Gasteiger partial charge is 0.350 e. The van der Waals surface area contributed by atoms with Gasteiger partial charge in [0.25, 0.3) is 5.91 Å². The molecule has 12 heteroatoms. The Morgan fingerprint density at radius 3 is 2.48 bits per heavy atom. The summed E-state index contributed by atoms with van der Waals surface area (Å²) in [7, 11) is 0. The molecule has 0 radical (unpaired) electrons. The molecule has 0 aliphatic carbocycles. The number of hydrogen-bond acceptors (Lipinski definition) is 5. The highest BCUT2D eigenvalue weighted by atomic mass is 35.5. The number of benzene rings is 2. The van der Waals surface area contributed by atoms with Gasteiger partial charge < -0.3 is 15.4 Å². The van der Waals surface area contributed by atoms with E-state index in [-0.39, 0.29) is 9.90 Å². The van der Waals surface area contributed by atoms with Crippen LogP contribution in [0.25, 0.3) is 10.1 Å². The molecule has 0 atom stereocenters. The first-order chi connectivity index (χ1) is 14.7. The Balaban J connectivity index is 1.51. The third kappa shape index (κ3) is 5.12. The molecule has 2 amide bonds. The summed E-state index contributed by atoms with van der Waals surface area (Å²) in [5.74, 6) is -7.99. The minimum absolute atomic E-state index is 0.0263. The van der Waals surface area contributed by atoms with Crippen LogP contribution in [0.3, 0.4) is 0 Å². The zero-order valence-electron chi connectivity index (χ0n) is 15.2. The molecule has 0 spiro atoms. The lowest BCUT2D eigenvalue weighted by Gasteiger charge is -2.09. The van der Waals surface area contributed by atoms with E-state index in [2.05, 4.69) is 5.32 Å². The molecule has 0 bridgehead atoms. The van der Waals surface area contributed by atoms with Crippen LogP contribution in [-0.4, -0.2) is 30.9 Å². The number of carbonyl (C=O) groups is 3. The lowest BCUT2D eigenvalue weighted by molar-refractivity contribution is -0.126. The highest BCUT2D eigenvalue weighted by Gasteiger charge is 2.20. The SMILES string of the molecule is O=C(COC(=O)c1sc2cc(F)ccc2c1Cl)NCC(=O)Nc1ccc(F)c(F)c1F. The predicted molar refractivity (Wildman–Crippen MR) is 105 cm³/mol. The first-order valence-electron chi connectivity index (χ1n) is 8.42. The third-order valence-electron chi connectivity index (χ3n) is 3.87. The van der Waals surface area contributed by atoms with E-state index in [4.69, 9.17) is 16.3 Å². The van der Waals surface area contributed by atoms with Crippen LogP contribution >= 0.6 is 22.9 Å². The maximum Gasteiger partial charge on any atom is 0.350 e. The van der Waals surface area contributed by atoms with Gasteiger partial charge in [-0.15, -0.1) is 11.3 Å². The maximum atomic E-state index is 13.5. The minimum atomic E-state index is -1.75. The lowest BCUT2D eigenvalue weighted by Crippen LogP contribution is -2.35. The van der Waals surface area contributed by atoms with Gasteiger partial charge in [0.15, 0.2) is 24.1 Å². The fourth-order valence-corrected chi connectivity index (χ4v) is 3.84. The largest absolute Gasteiger partial charge is 0.451 e. The van der Waals surface area contributed by atoms with Crippen molar-refractivity contribution in [1.29, 1.82) is 0 Å². The van der Waals surface area contributed by atoms with E-state index in [0.29, 0.717) is 16.2 Å². The summed E-state index contributed by atoms with van der Waals surface area (Å²) < 4.78 is 58.1. The van der Waals surface area contributed by atoms with Gasteiger partial charge in [0.05, 0.1) is 17.3 Å². The number of hydrogen-bond donors (Lipinski definition) is 2. The Morgan fingerprint density at radius 2 is 1.74 bits per heavy atom. The van der Waals surface area contributed by atoms with Gasteiger partial charge in [0, 0.05) is 10.1 Å². The molecule has 6 nitrogen and oxygen atoms in total. The molecule has 2 N–H and O–H groups in total. The number of halogens is 5. The van der Waals surface area contributed by atoms with Gasteiger partial charge in [0.2, 0.25) is 5.91 Å². The molecule has 1 heterocycles. The van der Waals surface area contributed by atoms with Crippen LogP contribution in [0, 0.1) is 23.3 Å². The zero-order chi connectivity index (χ0) is 22.7. The summed E-state index contributed by atoms with van der Waals surface area (Å²) in [6.45, 7) is -1.41. The number of fused-ring (bicyclic) bond motifs is 1. The van der Waals surface area contributed by atoms with Gasteiger partial charge in [-0.05, 0) is 30.3 Å². The summed E-state index contributed by atoms with van der Waals surface area (Å²) in [5.41, 5.74) is -0.611. The monoisotopic (exact) mass is 474 g/mol. The maximum absolute atomic E-state index is 13.5. The molecular formula is C19H11ClF4N2O4S. The molecule has 0 saturated carbocycles. The van der Waals surface area contributed by atoms with Gasteiger partial charge in [-0.1, -0.05) is 11.6 Å². The van der Waals surface area contributed by atoms with Crippen molar-refractivity contribution in [1.82, 2.24) is 5.32 Å². The van der Waals surface area contributed by atoms with Gasteiger partial charge >= 0.3 is 5.97 Å². The average Bonchev–Trinajstić information content (AvgIpc) is 3.06. The topological polar surface area (TPSA) is 84.5 Å². The van der Waals surface area contributed by atoms with Crippen LogP contribution in [0.5, 0.6) is 0 Å². The van der Waals surface area contributed by atoms with Crippen molar-refractivity contribution in [2.75, 3.05) is 18.5 Å². The minimum Gasteiger partial charge on any atom is -0.451 e. The zero-order valence-corrected chi connectivity index (χ0v) is 16.8. The molecule has 0 fully saturated rings. The Bertz CT molecular complexity index is 1200. The second-order valence-electron chi connectivity index (χ2n) is 6.01. The van der Waals surface area contributed by atoms with Crippen molar-refractivity contribution in [2.45, 2.75) is 0 Å². The van der Waals surface area contributed by atoms with Gasteiger partial charge in [0.1, 0.15) is 10.7 Å². The molecule has 3 rings (SSSR count). The van der Waals surface area contributed by atoms with E-state index >= 15 is 0 Å². The number of nitrogens with one attached hydrogen (secondary N) is 2. The Hall–Kier alpha value is -3.18. The summed E-state index contributed by atoms with van der Waals surface area (Å²) in [6.07, 6.45) is 0. The molecule has 0 aliphatic heterocycles. The van der Waals surface area contributed by atoms with Crippen molar-refractivity contribution in [2.24, 2.45) is 0 Å². The predicted octanol–water partition coefficient (Wildman–Crippen LogP) is 4.02. The van der Waals surface area contributed by atoms with Crippen LogP contribution in [0.2, 0.25) is 5.02 Å². The third-order valence-corrected chi connectivity index (χ3v) is 5.50. The second-order valence-corrected chi connectivity index (χ2v) is 7.44. The van der Waals surface area contributed by atoms with Crippen molar-refractivity contribution >= 4 is 56.5 Å². The molecule has 2 aromatic carbocycles. The Kier molecular flexibility index (Phi) is 6.76. The van der Waals surface area contributed by atoms with E-state index in [1.807, 2.05) is 5.32 Å². The Labute approximate surface area is 180 Å². The fourth-order valence-electron chi connectivity index (χ4n) is 2.41. The van der Waals surface area contributed by atoms with Crippen LogP contribution in [0.15, 0.2) is 30.3 Å². The molecule has 162 valence electrons. The second kappa shape index (κ2) is 9.31. The van der Waals surface area contributed by atoms with E-state index in [9.17, 15) is 31.9 Å². The lowest BCUT2D eigenvalue weighted by atomic mass is 10.2. The molecule has 3 aromatic rings. The fraction of sp³-hybridized carbons (Fsp3) is 0.105. The normalized spacial score (nSPS) is 10.7. The highest BCUT2D eigenvalue weighted by molar-refractivity contribution is 7.21. The van der Waals surface area contributed by atoms with E-state index < -0.39 is 59.9 Å². The molecule has 31 heavy (non-hydrogen) atoms. The van der Waals surface area contributed by atoms with Crippen molar-refractivity contribution < 1.29 is 36.7 Å².